The number of hydrogen-bond acceptors (Lipinski definition) is 3. The molecule has 1 aromatic heterocycles. The van der Waals surface area contributed by atoms with Crippen molar-refractivity contribution in [1.82, 2.24) is 9.97 Å². The van der Waals surface area contributed by atoms with Crippen LogP contribution in [0.1, 0.15) is 35.6 Å². The zero-order chi connectivity index (χ0) is 12.4. The molecule has 18 heavy (non-hydrogen) atoms. The maximum atomic E-state index is 4.72. The summed E-state index contributed by atoms with van der Waals surface area (Å²) < 4.78 is 0. The fourth-order valence-electron chi connectivity index (χ4n) is 2.76. The maximum Gasteiger partial charge on any atom is 0.0921 e. The minimum atomic E-state index is 0.400. The molecule has 1 N–H and O–H groups in total. The van der Waals surface area contributed by atoms with Crippen LogP contribution in [0, 0.1) is 0 Å². The number of rotatable bonds is 2. The van der Waals surface area contributed by atoms with Crippen molar-refractivity contribution in [2.24, 2.45) is 4.99 Å². The molecule has 0 aliphatic heterocycles. The Morgan fingerprint density at radius 2 is 2.39 bits per heavy atom. The van der Waals surface area contributed by atoms with E-state index in [1.807, 2.05) is 18.3 Å². The lowest BCUT2D eigenvalue weighted by Crippen LogP contribution is -2.11. The van der Waals surface area contributed by atoms with Gasteiger partial charge in [-0.25, -0.2) is 4.98 Å². The van der Waals surface area contributed by atoms with E-state index in [0.29, 0.717) is 5.92 Å². The van der Waals surface area contributed by atoms with E-state index < -0.39 is 0 Å². The average Bonchev–Trinajstić information content (AvgIpc) is 2.93. The van der Waals surface area contributed by atoms with Gasteiger partial charge in [0.25, 0.3) is 0 Å². The van der Waals surface area contributed by atoms with Gasteiger partial charge < -0.3 is 4.98 Å². The Labute approximate surface area is 111 Å². The molecule has 90 valence electrons. The molecule has 4 heteroatoms. The van der Waals surface area contributed by atoms with E-state index in [0.717, 1.165) is 18.5 Å². The van der Waals surface area contributed by atoms with Crippen molar-refractivity contribution in [1.29, 1.82) is 0 Å². The molecule has 1 heterocycles. The number of thiocarbonyl (C=S) groups is 1. The van der Waals surface area contributed by atoms with Crippen molar-refractivity contribution in [3.8, 4) is 0 Å². The SMILES string of the molecule is S=C=Nc1cccc2c1CCCC2c1cnc[nH]1. The largest absolute Gasteiger partial charge is 0.348 e. The third kappa shape index (κ3) is 1.90. The second kappa shape index (κ2) is 4.84. The minimum Gasteiger partial charge on any atom is -0.348 e. The van der Waals surface area contributed by atoms with E-state index in [4.69, 9.17) is 12.2 Å². The summed E-state index contributed by atoms with van der Waals surface area (Å²) in [7, 11) is 0. The first-order valence-electron chi connectivity index (χ1n) is 6.08. The van der Waals surface area contributed by atoms with Gasteiger partial charge in [0.15, 0.2) is 0 Å². The van der Waals surface area contributed by atoms with Gasteiger partial charge >= 0.3 is 0 Å². The molecule has 3 nitrogen and oxygen atoms in total. The molecule has 1 aliphatic rings. The third-order valence-electron chi connectivity index (χ3n) is 3.54. The van der Waals surface area contributed by atoms with Crippen LogP contribution in [0.15, 0.2) is 35.7 Å². The molecular weight excluding hydrogens is 242 g/mol. The van der Waals surface area contributed by atoms with Crippen molar-refractivity contribution in [3.05, 3.63) is 47.5 Å². The lowest BCUT2D eigenvalue weighted by Gasteiger charge is -2.25. The van der Waals surface area contributed by atoms with Crippen molar-refractivity contribution in [2.75, 3.05) is 0 Å². The average molecular weight is 255 g/mol. The highest BCUT2D eigenvalue weighted by Crippen LogP contribution is 2.39. The minimum absolute atomic E-state index is 0.400. The predicted octanol–water partition coefficient (Wildman–Crippen LogP) is 3.61. The topological polar surface area (TPSA) is 41.0 Å². The molecule has 3 rings (SSSR count). The second-order valence-electron chi connectivity index (χ2n) is 4.50. The Kier molecular flexibility index (Phi) is 3.05. The van der Waals surface area contributed by atoms with Crippen LogP contribution in [0.3, 0.4) is 0 Å². The highest BCUT2D eigenvalue weighted by Gasteiger charge is 2.24. The summed E-state index contributed by atoms with van der Waals surface area (Å²) in [6.45, 7) is 0. The van der Waals surface area contributed by atoms with Crippen LogP contribution in [0.25, 0.3) is 0 Å². The van der Waals surface area contributed by atoms with Gasteiger partial charge in [-0.15, -0.1) is 0 Å². The van der Waals surface area contributed by atoms with Gasteiger partial charge in [0.2, 0.25) is 0 Å². The second-order valence-corrected chi connectivity index (χ2v) is 4.68. The number of isothiocyanates is 1. The molecular formula is C14H13N3S. The molecule has 1 aliphatic carbocycles. The lowest BCUT2D eigenvalue weighted by atomic mass is 9.80. The number of aromatic nitrogens is 2. The fourth-order valence-corrected chi connectivity index (χ4v) is 2.86. The Morgan fingerprint density at radius 3 is 3.17 bits per heavy atom. The smallest absolute Gasteiger partial charge is 0.0921 e. The normalized spacial score (nSPS) is 17.9. The number of hydrogen-bond donors (Lipinski definition) is 1. The van der Waals surface area contributed by atoms with E-state index in [1.54, 1.807) is 6.33 Å². The number of fused-ring (bicyclic) bond motifs is 1. The van der Waals surface area contributed by atoms with Crippen molar-refractivity contribution >= 4 is 23.1 Å². The van der Waals surface area contributed by atoms with E-state index in [9.17, 15) is 0 Å². The van der Waals surface area contributed by atoms with Gasteiger partial charge in [0.1, 0.15) is 0 Å². The van der Waals surface area contributed by atoms with Gasteiger partial charge in [-0.05, 0) is 48.7 Å². The summed E-state index contributed by atoms with van der Waals surface area (Å²) in [6, 6.07) is 6.23. The Morgan fingerprint density at radius 1 is 1.44 bits per heavy atom. The van der Waals surface area contributed by atoms with E-state index in [1.165, 1.54) is 23.2 Å². The van der Waals surface area contributed by atoms with Gasteiger partial charge in [-0.3, -0.25) is 0 Å². The number of nitrogens with zero attached hydrogens (tertiary/aromatic N) is 2. The summed E-state index contributed by atoms with van der Waals surface area (Å²) in [5.74, 6) is 0.400. The van der Waals surface area contributed by atoms with Crippen LogP contribution in [0.4, 0.5) is 5.69 Å². The molecule has 0 saturated heterocycles. The van der Waals surface area contributed by atoms with Crippen LogP contribution in [-0.2, 0) is 6.42 Å². The van der Waals surface area contributed by atoms with Crippen molar-refractivity contribution in [3.63, 3.8) is 0 Å². The zero-order valence-electron chi connectivity index (χ0n) is 9.89. The first-order chi connectivity index (χ1) is 8.90. The first kappa shape index (κ1) is 11.3. The van der Waals surface area contributed by atoms with Crippen LogP contribution < -0.4 is 0 Å². The quantitative estimate of drug-likeness (QED) is 0.658. The van der Waals surface area contributed by atoms with E-state index in [2.05, 4.69) is 26.2 Å². The third-order valence-corrected chi connectivity index (χ3v) is 3.63. The van der Waals surface area contributed by atoms with Crippen LogP contribution in [-0.4, -0.2) is 15.1 Å². The molecule has 1 unspecified atom stereocenters. The summed E-state index contributed by atoms with van der Waals surface area (Å²) in [4.78, 5) is 11.5. The van der Waals surface area contributed by atoms with Crippen LogP contribution in [0.2, 0.25) is 0 Å². The number of aromatic amines is 1. The molecule has 0 amide bonds. The predicted molar refractivity (Wildman–Crippen MR) is 74.5 cm³/mol. The highest BCUT2D eigenvalue weighted by atomic mass is 32.1. The Bertz CT molecular complexity index is 598. The van der Waals surface area contributed by atoms with Crippen LogP contribution >= 0.6 is 12.2 Å². The van der Waals surface area contributed by atoms with Crippen LogP contribution in [0.5, 0.6) is 0 Å². The summed E-state index contributed by atoms with van der Waals surface area (Å²) in [5.41, 5.74) is 4.80. The number of benzene rings is 1. The molecule has 0 saturated carbocycles. The van der Waals surface area contributed by atoms with Crippen molar-refractivity contribution < 1.29 is 0 Å². The molecule has 0 spiro atoms. The number of imidazole rings is 1. The molecule has 2 aromatic rings. The lowest BCUT2D eigenvalue weighted by molar-refractivity contribution is 0.607. The first-order valence-corrected chi connectivity index (χ1v) is 6.49. The fraction of sp³-hybridized carbons (Fsp3) is 0.286. The Balaban J connectivity index is 2.11. The number of H-pyrrole nitrogens is 1. The molecule has 1 atom stereocenters. The summed E-state index contributed by atoms with van der Waals surface area (Å²) >= 11 is 4.72. The van der Waals surface area contributed by atoms with E-state index in [-0.39, 0.29) is 0 Å². The van der Waals surface area contributed by atoms with Gasteiger partial charge in [0.05, 0.1) is 17.2 Å². The highest BCUT2D eigenvalue weighted by molar-refractivity contribution is 7.78. The molecule has 0 radical (unpaired) electrons. The Hall–Kier alpha value is -1.77. The molecule has 0 fully saturated rings. The van der Waals surface area contributed by atoms with Gasteiger partial charge in [-0.2, -0.15) is 4.99 Å². The van der Waals surface area contributed by atoms with E-state index >= 15 is 0 Å². The molecule has 0 bridgehead atoms. The number of aliphatic imine (C=N–C) groups is 1. The van der Waals surface area contributed by atoms with Crippen molar-refractivity contribution in [2.45, 2.75) is 25.2 Å². The summed E-state index contributed by atoms with van der Waals surface area (Å²) in [6.07, 6.45) is 7.04. The maximum absolute atomic E-state index is 4.72. The standard InChI is InChI=1S/C14H13N3S/c18-9-17-13-6-2-3-10-11(13)4-1-5-12(10)14-7-15-8-16-14/h2-3,6-8,12H,1,4-5H2,(H,15,16). The van der Waals surface area contributed by atoms with Gasteiger partial charge in [-0.1, -0.05) is 12.1 Å². The monoisotopic (exact) mass is 255 g/mol. The van der Waals surface area contributed by atoms with Gasteiger partial charge in [0, 0.05) is 17.8 Å². The molecule has 1 aromatic carbocycles. The summed E-state index contributed by atoms with van der Waals surface area (Å²) in [5, 5.41) is 2.47. The number of nitrogens with one attached hydrogen (secondary N) is 1. The zero-order valence-corrected chi connectivity index (χ0v) is 10.7.